The molecule has 0 saturated heterocycles. The van der Waals surface area contributed by atoms with Crippen LogP contribution in [0.4, 0.5) is 4.39 Å². The molecule has 0 aliphatic heterocycles. The minimum absolute atomic E-state index is 0.109. The minimum Gasteiger partial charge on any atom is -0.489 e. The third-order valence-electron chi connectivity index (χ3n) is 7.97. The molecular weight excluding hydrogens is 351 g/mol. The Hall–Kier alpha value is -1.87. The molecule has 1 N–H and O–H groups in total. The van der Waals surface area contributed by atoms with Crippen LogP contribution in [-0.2, 0) is 13.0 Å². The second-order valence-electron chi connectivity index (χ2n) is 9.33. The Kier molecular flexibility index (Phi) is 4.46. The quantitative estimate of drug-likeness (QED) is 0.749. The SMILES string of the molecule is C[C@]12CC[C@@H]3c4ccc(OCc5ccc(F)cc5)cc4CC[C@H]3[C@@H]1CC[C@@H]2O. The lowest BCUT2D eigenvalue weighted by atomic mass is 9.55. The van der Waals surface area contributed by atoms with Gasteiger partial charge in [0, 0.05) is 0 Å². The van der Waals surface area contributed by atoms with Gasteiger partial charge in [-0.05, 0) is 103 Å². The van der Waals surface area contributed by atoms with E-state index < -0.39 is 0 Å². The number of halogens is 1. The highest BCUT2D eigenvalue weighted by Gasteiger charge is 2.54. The van der Waals surface area contributed by atoms with Gasteiger partial charge in [0.25, 0.3) is 0 Å². The van der Waals surface area contributed by atoms with Gasteiger partial charge in [-0.25, -0.2) is 4.39 Å². The lowest BCUT2D eigenvalue weighted by Crippen LogP contribution is -2.43. The summed E-state index contributed by atoms with van der Waals surface area (Å²) < 4.78 is 19.0. The Morgan fingerprint density at radius 2 is 1.89 bits per heavy atom. The highest BCUT2D eigenvalue weighted by molar-refractivity contribution is 5.41. The van der Waals surface area contributed by atoms with E-state index in [0.717, 1.165) is 36.5 Å². The van der Waals surface area contributed by atoms with Crippen molar-refractivity contribution < 1.29 is 14.2 Å². The maximum Gasteiger partial charge on any atom is 0.123 e. The standard InChI is InChI=1S/C25H29FO2/c1-25-13-12-21-20-9-7-19(28-15-16-2-5-18(26)6-3-16)14-17(20)4-8-22(21)23(25)10-11-24(25)27/h2-3,5-7,9,14,21-24,27H,4,8,10-13,15H2,1H3/t21-,22-,23+,24+,25+/m1/s1. The normalized spacial score (nSPS) is 33.7. The summed E-state index contributed by atoms with van der Waals surface area (Å²) in [4.78, 5) is 0. The largest absolute Gasteiger partial charge is 0.489 e. The Balaban J connectivity index is 1.33. The average Bonchev–Trinajstić information content (AvgIpc) is 3.02. The minimum atomic E-state index is -0.217. The molecule has 3 aliphatic carbocycles. The van der Waals surface area contributed by atoms with Crippen LogP contribution in [0.3, 0.4) is 0 Å². The predicted molar refractivity (Wildman–Crippen MR) is 108 cm³/mol. The number of fused-ring (bicyclic) bond motifs is 5. The van der Waals surface area contributed by atoms with Gasteiger partial charge >= 0.3 is 0 Å². The van der Waals surface area contributed by atoms with Gasteiger partial charge in [-0.2, -0.15) is 0 Å². The van der Waals surface area contributed by atoms with Gasteiger partial charge in [0.2, 0.25) is 0 Å². The van der Waals surface area contributed by atoms with E-state index in [-0.39, 0.29) is 17.3 Å². The molecule has 2 nitrogen and oxygen atoms in total. The lowest BCUT2D eigenvalue weighted by molar-refractivity contribution is -0.0226. The van der Waals surface area contributed by atoms with Gasteiger partial charge < -0.3 is 9.84 Å². The summed E-state index contributed by atoms with van der Waals surface area (Å²) in [5.74, 6) is 2.71. The van der Waals surface area contributed by atoms with E-state index >= 15 is 0 Å². The van der Waals surface area contributed by atoms with Crippen molar-refractivity contribution in [1.82, 2.24) is 0 Å². The number of hydrogen-bond donors (Lipinski definition) is 1. The van der Waals surface area contributed by atoms with Crippen LogP contribution in [0.1, 0.15) is 61.6 Å². The maximum absolute atomic E-state index is 13.0. The van der Waals surface area contributed by atoms with E-state index in [2.05, 4.69) is 25.1 Å². The van der Waals surface area contributed by atoms with E-state index in [9.17, 15) is 9.50 Å². The molecule has 3 heteroatoms. The van der Waals surface area contributed by atoms with Crippen molar-refractivity contribution in [1.29, 1.82) is 0 Å². The lowest BCUT2D eigenvalue weighted by Gasteiger charge is -2.50. The zero-order valence-electron chi connectivity index (χ0n) is 16.5. The number of aliphatic hydroxyl groups is 1. The average molecular weight is 381 g/mol. The molecule has 5 rings (SSSR count). The van der Waals surface area contributed by atoms with Gasteiger partial charge in [0.15, 0.2) is 0 Å². The Bertz CT molecular complexity index is 861. The number of aliphatic hydroxyl groups excluding tert-OH is 1. The number of hydrogen-bond acceptors (Lipinski definition) is 2. The van der Waals surface area contributed by atoms with Crippen LogP contribution in [0.15, 0.2) is 42.5 Å². The molecule has 5 atom stereocenters. The summed E-state index contributed by atoms with van der Waals surface area (Å²) in [5, 5.41) is 10.5. The highest BCUT2D eigenvalue weighted by atomic mass is 19.1. The fourth-order valence-electron chi connectivity index (χ4n) is 6.37. The molecule has 2 aromatic carbocycles. The first-order chi connectivity index (χ1) is 13.5. The molecule has 28 heavy (non-hydrogen) atoms. The van der Waals surface area contributed by atoms with Gasteiger partial charge in [-0.1, -0.05) is 25.1 Å². The molecule has 0 bridgehead atoms. The van der Waals surface area contributed by atoms with Gasteiger partial charge in [0.1, 0.15) is 18.2 Å². The van der Waals surface area contributed by atoms with Gasteiger partial charge in [0.05, 0.1) is 6.10 Å². The zero-order chi connectivity index (χ0) is 19.3. The van der Waals surface area contributed by atoms with Crippen LogP contribution in [0.5, 0.6) is 5.75 Å². The second kappa shape index (κ2) is 6.88. The van der Waals surface area contributed by atoms with E-state index in [1.807, 2.05) is 0 Å². The van der Waals surface area contributed by atoms with Crippen molar-refractivity contribution in [2.45, 2.75) is 64.1 Å². The molecule has 148 valence electrons. The fourth-order valence-corrected chi connectivity index (χ4v) is 6.37. The number of aryl methyl sites for hydroxylation is 1. The third-order valence-corrected chi connectivity index (χ3v) is 7.97. The van der Waals surface area contributed by atoms with Gasteiger partial charge in [-0.15, -0.1) is 0 Å². The zero-order valence-corrected chi connectivity index (χ0v) is 16.5. The van der Waals surface area contributed by atoms with Crippen LogP contribution in [0.2, 0.25) is 0 Å². The van der Waals surface area contributed by atoms with E-state index in [4.69, 9.17) is 4.74 Å². The first-order valence-corrected chi connectivity index (χ1v) is 10.7. The van der Waals surface area contributed by atoms with Crippen molar-refractivity contribution in [3.05, 3.63) is 65.0 Å². The van der Waals surface area contributed by atoms with E-state index in [1.54, 1.807) is 12.1 Å². The number of ether oxygens (including phenoxy) is 1. The maximum atomic E-state index is 13.0. The summed E-state index contributed by atoms with van der Waals surface area (Å²) in [6, 6.07) is 13.1. The summed E-state index contributed by atoms with van der Waals surface area (Å²) in [7, 11) is 0. The summed E-state index contributed by atoms with van der Waals surface area (Å²) >= 11 is 0. The summed E-state index contributed by atoms with van der Waals surface area (Å²) in [6.45, 7) is 2.79. The van der Waals surface area contributed by atoms with Crippen LogP contribution >= 0.6 is 0 Å². The molecule has 0 aromatic heterocycles. The molecular formula is C25H29FO2. The molecule has 2 fully saturated rings. The van der Waals surface area contributed by atoms with Crippen molar-refractivity contribution in [2.24, 2.45) is 17.3 Å². The fraction of sp³-hybridized carbons (Fsp3) is 0.520. The Morgan fingerprint density at radius 1 is 1.07 bits per heavy atom. The molecule has 0 radical (unpaired) electrons. The van der Waals surface area contributed by atoms with Crippen LogP contribution in [0, 0.1) is 23.1 Å². The first-order valence-electron chi connectivity index (χ1n) is 10.7. The molecule has 0 heterocycles. The van der Waals surface area contributed by atoms with Crippen LogP contribution < -0.4 is 4.74 Å². The highest BCUT2D eigenvalue weighted by Crippen LogP contribution is 2.60. The van der Waals surface area contributed by atoms with E-state index in [0.29, 0.717) is 18.4 Å². The molecule has 0 spiro atoms. The molecule has 0 unspecified atom stereocenters. The summed E-state index contributed by atoms with van der Waals surface area (Å²) in [5.41, 5.74) is 4.05. The monoisotopic (exact) mass is 380 g/mol. The molecule has 2 saturated carbocycles. The van der Waals surface area contributed by atoms with Crippen molar-refractivity contribution >= 4 is 0 Å². The molecule has 3 aliphatic rings. The Morgan fingerprint density at radius 3 is 2.71 bits per heavy atom. The third kappa shape index (κ3) is 2.95. The number of rotatable bonds is 3. The Labute approximate surface area is 166 Å². The van der Waals surface area contributed by atoms with Crippen molar-refractivity contribution in [3.8, 4) is 5.75 Å². The van der Waals surface area contributed by atoms with Crippen molar-refractivity contribution in [2.75, 3.05) is 0 Å². The second-order valence-corrected chi connectivity index (χ2v) is 9.33. The van der Waals surface area contributed by atoms with E-state index in [1.165, 1.54) is 42.5 Å². The van der Waals surface area contributed by atoms with Crippen LogP contribution in [-0.4, -0.2) is 11.2 Å². The molecule has 2 aromatic rings. The topological polar surface area (TPSA) is 29.5 Å². The van der Waals surface area contributed by atoms with Crippen molar-refractivity contribution in [3.63, 3.8) is 0 Å². The smallest absolute Gasteiger partial charge is 0.123 e. The van der Waals surface area contributed by atoms with Gasteiger partial charge in [-0.3, -0.25) is 0 Å². The molecule has 0 amide bonds. The number of benzene rings is 2. The first kappa shape index (κ1) is 18.2. The summed E-state index contributed by atoms with van der Waals surface area (Å²) in [6.07, 6.45) is 6.72. The van der Waals surface area contributed by atoms with Crippen LogP contribution in [0.25, 0.3) is 0 Å². The predicted octanol–water partition coefficient (Wildman–Crippen LogP) is 5.62.